The Kier molecular flexibility index (Phi) is 6.36. The highest BCUT2D eigenvalue weighted by molar-refractivity contribution is 6.39. The minimum atomic E-state index is -0.897. The van der Waals surface area contributed by atoms with E-state index in [9.17, 15) is 9.59 Å². The van der Waals surface area contributed by atoms with Crippen LogP contribution >= 0.6 is 11.6 Å². The summed E-state index contributed by atoms with van der Waals surface area (Å²) in [6.07, 6.45) is 1.38. The first-order valence-corrected chi connectivity index (χ1v) is 7.53. The zero-order chi connectivity index (χ0) is 18.2. The minimum absolute atomic E-state index is 0.452. The lowest BCUT2D eigenvalue weighted by atomic mass is 10.2. The fourth-order valence-corrected chi connectivity index (χ4v) is 2.00. The average Bonchev–Trinajstić information content (AvgIpc) is 2.63. The molecule has 0 atom stereocenters. The summed E-state index contributed by atoms with van der Waals surface area (Å²) in [7, 11) is 3.05. The third-order valence-corrected chi connectivity index (χ3v) is 3.35. The van der Waals surface area contributed by atoms with E-state index in [-0.39, 0.29) is 0 Å². The lowest BCUT2D eigenvalue weighted by Crippen LogP contribution is -2.32. The van der Waals surface area contributed by atoms with Gasteiger partial charge in [-0.25, -0.2) is 5.43 Å². The van der Waals surface area contributed by atoms with Crippen LogP contribution in [0, 0.1) is 0 Å². The molecule has 2 amide bonds. The molecule has 0 fully saturated rings. The van der Waals surface area contributed by atoms with Gasteiger partial charge in [0.05, 0.1) is 20.4 Å². The SMILES string of the molecule is COc1ccc(C=NNC(=O)C(=O)Nc2ccc(Cl)cc2)cc1OC. The Hall–Kier alpha value is -3.06. The van der Waals surface area contributed by atoms with Crippen molar-refractivity contribution < 1.29 is 19.1 Å². The van der Waals surface area contributed by atoms with Crippen molar-refractivity contribution in [3.63, 3.8) is 0 Å². The molecule has 2 rings (SSSR count). The molecule has 0 saturated heterocycles. The molecule has 2 aromatic carbocycles. The number of hydrogen-bond acceptors (Lipinski definition) is 5. The van der Waals surface area contributed by atoms with Crippen molar-refractivity contribution in [3.05, 3.63) is 53.1 Å². The topological polar surface area (TPSA) is 89.0 Å². The number of carbonyl (C=O) groups is 2. The smallest absolute Gasteiger partial charge is 0.329 e. The first kappa shape index (κ1) is 18.3. The standard InChI is InChI=1S/C17H16ClN3O4/c1-24-14-8-3-11(9-15(14)25-2)10-19-21-17(23)16(22)20-13-6-4-12(18)5-7-13/h3-10H,1-2H3,(H,20,22)(H,21,23). The van der Waals surface area contributed by atoms with Gasteiger partial charge in [-0.15, -0.1) is 0 Å². The van der Waals surface area contributed by atoms with E-state index < -0.39 is 11.8 Å². The van der Waals surface area contributed by atoms with Crippen molar-refractivity contribution in [1.29, 1.82) is 0 Å². The van der Waals surface area contributed by atoms with Gasteiger partial charge in [-0.3, -0.25) is 9.59 Å². The van der Waals surface area contributed by atoms with E-state index in [0.717, 1.165) is 0 Å². The molecule has 25 heavy (non-hydrogen) atoms. The van der Waals surface area contributed by atoms with Gasteiger partial charge in [0.1, 0.15) is 0 Å². The van der Waals surface area contributed by atoms with E-state index >= 15 is 0 Å². The number of rotatable bonds is 5. The number of ether oxygens (including phenoxy) is 2. The molecular formula is C17H16ClN3O4. The molecule has 0 aliphatic rings. The first-order chi connectivity index (χ1) is 12.0. The number of nitrogens with zero attached hydrogens (tertiary/aromatic N) is 1. The number of nitrogens with one attached hydrogen (secondary N) is 2. The van der Waals surface area contributed by atoms with Crippen LogP contribution in [0.15, 0.2) is 47.6 Å². The maximum atomic E-state index is 11.8. The third-order valence-electron chi connectivity index (χ3n) is 3.10. The summed E-state index contributed by atoms with van der Waals surface area (Å²) < 4.78 is 10.3. The maximum absolute atomic E-state index is 11.8. The van der Waals surface area contributed by atoms with Gasteiger partial charge in [0.2, 0.25) is 0 Å². The number of amides is 2. The lowest BCUT2D eigenvalue weighted by Gasteiger charge is -2.07. The predicted molar refractivity (Wildman–Crippen MR) is 95.4 cm³/mol. The van der Waals surface area contributed by atoms with Crippen LogP contribution in [0.25, 0.3) is 0 Å². The van der Waals surface area contributed by atoms with Crippen LogP contribution in [-0.4, -0.2) is 32.2 Å². The van der Waals surface area contributed by atoms with E-state index in [0.29, 0.717) is 27.8 Å². The quantitative estimate of drug-likeness (QED) is 0.486. The second-order valence-electron chi connectivity index (χ2n) is 4.77. The molecule has 0 heterocycles. The summed E-state index contributed by atoms with van der Waals surface area (Å²) in [5.74, 6) is -0.636. The number of hydrazone groups is 1. The zero-order valence-electron chi connectivity index (χ0n) is 13.6. The van der Waals surface area contributed by atoms with Crippen LogP contribution in [-0.2, 0) is 9.59 Å². The second kappa shape index (κ2) is 8.70. The van der Waals surface area contributed by atoms with Crippen LogP contribution in [0.5, 0.6) is 11.5 Å². The Morgan fingerprint density at radius 1 is 1.00 bits per heavy atom. The van der Waals surface area contributed by atoms with E-state index in [2.05, 4.69) is 15.8 Å². The fraction of sp³-hybridized carbons (Fsp3) is 0.118. The molecule has 0 bridgehead atoms. The summed E-state index contributed by atoms with van der Waals surface area (Å²) in [5, 5.41) is 6.71. The van der Waals surface area contributed by atoms with Crippen LogP contribution < -0.4 is 20.2 Å². The van der Waals surface area contributed by atoms with Crippen molar-refractivity contribution >= 4 is 35.3 Å². The molecule has 8 heteroatoms. The lowest BCUT2D eigenvalue weighted by molar-refractivity contribution is -0.136. The minimum Gasteiger partial charge on any atom is -0.493 e. The number of hydrogen-bond donors (Lipinski definition) is 2. The molecule has 0 saturated carbocycles. The molecule has 0 radical (unpaired) electrons. The molecule has 0 spiro atoms. The zero-order valence-corrected chi connectivity index (χ0v) is 14.3. The van der Waals surface area contributed by atoms with Gasteiger partial charge in [-0.1, -0.05) is 11.6 Å². The first-order valence-electron chi connectivity index (χ1n) is 7.15. The Morgan fingerprint density at radius 3 is 2.32 bits per heavy atom. The fourth-order valence-electron chi connectivity index (χ4n) is 1.87. The van der Waals surface area contributed by atoms with Gasteiger partial charge in [-0.05, 0) is 48.0 Å². The van der Waals surface area contributed by atoms with Gasteiger partial charge in [-0.2, -0.15) is 5.10 Å². The van der Waals surface area contributed by atoms with Crippen LogP contribution in [0.1, 0.15) is 5.56 Å². The Morgan fingerprint density at radius 2 is 1.68 bits per heavy atom. The number of halogens is 1. The Balaban J connectivity index is 1.93. The monoisotopic (exact) mass is 361 g/mol. The average molecular weight is 362 g/mol. The Bertz CT molecular complexity index is 791. The summed E-state index contributed by atoms with van der Waals surface area (Å²) in [4.78, 5) is 23.5. The molecule has 0 aliphatic heterocycles. The van der Waals surface area contributed by atoms with Gasteiger partial charge in [0, 0.05) is 10.7 Å². The van der Waals surface area contributed by atoms with Crippen molar-refractivity contribution in [3.8, 4) is 11.5 Å². The number of carbonyl (C=O) groups excluding carboxylic acids is 2. The summed E-state index contributed by atoms with van der Waals surface area (Å²) in [6, 6.07) is 11.5. The molecule has 0 unspecified atom stereocenters. The highest BCUT2D eigenvalue weighted by Crippen LogP contribution is 2.26. The number of benzene rings is 2. The molecule has 130 valence electrons. The van der Waals surface area contributed by atoms with E-state index in [1.807, 2.05) is 0 Å². The summed E-state index contributed by atoms with van der Waals surface area (Å²) in [5.41, 5.74) is 3.26. The van der Waals surface area contributed by atoms with Gasteiger partial charge in [0.15, 0.2) is 11.5 Å². The summed E-state index contributed by atoms with van der Waals surface area (Å²) >= 11 is 5.75. The molecule has 7 nitrogen and oxygen atoms in total. The largest absolute Gasteiger partial charge is 0.493 e. The highest BCUT2D eigenvalue weighted by atomic mass is 35.5. The van der Waals surface area contributed by atoms with Gasteiger partial charge >= 0.3 is 11.8 Å². The predicted octanol–water partition coefficient (Wildman–Crippen LogP) is 2.45. The third kappa shape index (κ3) is 5.22. The maximum Gasteiger partial charge on any atom is 0.329 e. The van der Waals surface area contributed by atoms with E-state index in [1.54, 1.807) is 42.5 Å². The normalized spacial score (nSPS) is 10.4. The van der Waals surface area contributed by atoms with Gasteiger partial charge < -0.3 is 14.8 Å². The number of anilines is 1. The van der Waals surface area contributed by atoms with E-state index in [4.69, 9.17) is 21.1 Å². The van der Waals surface area contributed by atoms with Crippen molar-refractivity contribution in [2.45, 2.75) is 0 Å². The van der Waals surface area contributed by atoms with Crippen molar-refractivity contribution in [1.82, 2.24) is 5.43 Å². The summed E-state index contributed by atoms with van der Waals surface area (Å²) in [6.45, 7) is 0. The highest BCUT2D eigenvalue weighted by Gasteiger charge is 2.12. The molecule has 0 aliphatic carbocycles. The number of methoxy groups -OCH3 is 2. The van der Waals surface area contributed by atoms with Crippen molar-refractivity contribution in [2.75, 3.05) is 19.5 Å². The van der Waals surface area contributed by atoms with Crippen molar-refractivity contribution in [2.24, 2.45) is 5.10 Å². The van der Waals surface area contributed by atoms with Gasteiger partial charge in [0.25, 0.3) is 0 Å². The molecule has 0 aromatic heterocycles. The van der Waals surface area contributed by atoms with Crippen LogP contribution in [0.3, 0.4) is 0 Å². The Labute approximate surface area is 149 Å². The van der Waals surface area contributed by atoms with Crippen LogP contribution in [0.4, 0.5) is 5.69 Å². The van der Waals surface area contributed by atoms with E-state index in [1.165, 1.54) is 20.4 Å². The van der Waals surface area contributed by atoms with Crippen LogP contribution in [0.2, 0.25) is 5.02 Å². The molecule has 2 aromatic rings. The second-order valence-corrected chi connectivity index (χ2v) is 5.21. The molecular weight excluding hydrogens is 346 g/mol. The molecule has 2 N–H and O–H groups in total.